The Kier molecular flexibility index (Phi) is 6.11. The van der Waals surface area contributed by atoms with Crippen LogP contribution in [0.25, 0.3) is 22.3 Å². The maximum atomic E-state index is 12.3. The summed E-state index contributed by atoms with van der Waals surface area (Å²) in [4.78, 5) is 40.6. The predicted molar refractivity (Wildman–Crippen MR) is 151 cm³/mol. The van der Waals surface area contributed by atoms with Crippen LogP contribution in [0, 0.1) is 5.92 Å². The number of rotatable bonds is 8. The number of piperazine rings is 1. The van der Waals surface area contributed by atoms with Crippen LogP contribution >= 0.6 is 0 Å². The first-order valence-corrected chi connectivity index (χ1v) is 13.9. The predicted octanol–water partition coefficient (Wildman–Crippen LogP) is 3.81. The van der Waals surface area contributed by atoms with Crippen LogP contribution < -0.4 is 10.2 Å². The molecular formula is C29H33N9O. The largest absolute Gasteiger partial charge is 0.357 e. The summed E-state index contributed by atoms with van der Waals surface area (Å²) in [6, 6.07) is 12.9. The van der Waals surface area contributed by atoms with Crippen LogP contribution in [0.4, 0.5) is 17.6 Å². The van der Waals surface area contributed by atoms with E-state index in [9.17, 15) is 4.79 Å². The van der Waals surface area contributed by atoms with Crippen molar-refractivity contribution in [3.05, 3.63) is 54.5 Å². The number of pyridine rings is 1. The van der Waals surface area contributed by atoms with Crippen molar-refractivity contribution in [2.24, 2.45) is 5.92 Å². The molecule has 1 aliphatic heterocycles. The molecule has 3 aromatic heterocycles. The average molecular weight is 524 g/mol. The van der Waals surface area contributed by atoms with Gasteiger partial charge in [0.15, 0.2) is 0 Å². The van der Waals surface area contributed by atoms with E-state index in [1.54, 1.807) is 6.33 Å². The number of hydrogen-bond acceptors (Lipinski definition) is 8. The number of carbonyl (C=O) groups is 1. The first kappa shape index (κ1) is 24.0. The molecule has 3 fully saturated rings. The summed E-state index contributed by atoms with van der Waals surface area (Å²) in [5, 5.41) is 3.33. The van der Waals surface area contributed by atoms with Crippen molar-refractivity contribution in [1.82, 2.24) is 34.7 Å². The molecule has 1 amide bonds. The monoisotopic (exact) mass is 523 g/mol. The highest BCUT2D eigenvalue weighted by Gasteiger charge is 2.34. The summed E-state index contributed by atoms with van der Waals surface area (Å²) in [6.07, 6.45) is 8.06. The molecule has 2 aliphatic carbocycles. The number of nitrogens with zero attached hydrogens (tertiary/aromatic N) is 7. The fraction of sp³-hybridized carbons (Fsp3) is 0.414. The van der Waals surface area contributed by atoms with Gasteiger partial charge in [0.1, 0.15) is 18.0 Å². The van der Waals surface area contributed by atoms with E-state index in [-0.39, 0.29) is 0 Å². The quantitative estimate of drug-likeness (QED) is 0.359. The Morgan fingerprint density at radius 1 is 1.03 bits per heavy atom. The van der Waals surface area contributed by atoms with Gasteiger partial charge in [-0.3, -0.25) is 9.69 Å². The minimum Gasteiger partial charge on any atom is -0.357 e. The highest BCUT2D eigenvalue weighted by Crippen LogP contribution is 2.32. The van der Waals surface area contributed by atoms with Gasteiger partial charge in [-0.2, -0.15) is 0 Å². The number of nitrogens with one attached hydrogen (secondary N) is 2. The van der Waals surface area contributed by atoms with Gasteiger partial charge in [-0.25, -0.2) is 19.9 Å². The lowest BCUT2D eigenvalue weighted by atomic mass is 10.1. The SMILES string of the molecule is CN(c1cc(-c2ccc3nc(Nc4cc(CN5CCN(C(=O)C6CC6)CC5)ccn4)[nH]c3c2)ncn1)C1CC1. The van der Waals surface area contributed by atoms with Gasteiger partial charge in [0.25, 0.3) is 0 Å². The van der Waals surface area contributed by atoms with Crippen LogP contribution in [-0.2, 0) is 11.3 Å². The maximum Gasteiger partial charge on any atom is 0.225 e. The number of fused-ring (bicyclic) bond motifs is 1. The van der Waals surface area contributed by atoms with Gasteiger partial charge >= 0.3 is 0 Å². The van der Waals surface area contributed by atoms with Crippen molar-refractivity contribution in [2.75, 3.05) is 43.4 Å². The first-order valence-electron chi connectivity index (χ1n) is 13.9. The highest BCUT2D eigenvalue weighted by molar-refractivity contribution is 5.83. The second-order valence-electron chi connectivity index (χ2n) is 11.0. The summed E-state index contributed by atoms with van der Waals surface area (Å²) < 4.78 is 0. The van der Waals surface area contributed by atoms with Gasteiger partial charge < -0.3 is 20.1 Å². The minimum atomic E-state index is 0.300. The third-order valence-corrected chi connectivity index (χ3v) is 7.97. The molecule has 10 nitrogen and oxygen atoms in total. The summed E-state index contributed by atoms with van der Waals surface area (Å²) >= 11 is 0. The number of hydrogen-bond donors (Lipinski definition) is 2. The second-order valence-corrected chi connectivity index (χ2v) is 11.0. The lowest BCUT2D eigenvalue weighted by Gasteiger charge is -2.34. The van der Waals surface area contributed by atoms with Gasteiger partial charge in [-0.1, -0.05) is 6.07 Å². The normalized spacial score (nSPS) is 17.9. The highest BCUT2D eigenvalue weighted by atomic mass is 16.2. The number of imidazole rings is 1. The van der Waals surface area contributed by atoms with Crippen LogP contribution in [0.3, 0.4) is 0 Å². The van der Waals surface area contributed by atoms with Crippen LogP contribution in [0.2, 0.25) is 0 Å². The third-order valence-electron chi connectivity index (χ3n) is 7.97. The lowest BCUT2D eigenvalue weighted by molar-refractivity contribution is -0.134. The standard InChI is InChI=1S/C29H33N9O/c1-36(22-5-6-22)27-16-24(31-18-32-27)21-4-7-23-25(15-21)34-29(33-23)35-26-14-19(8-9-30-26)17-37-10-12-38(13-11-37)28(39)20-2-3-20/h4,7-9,14-16,18,20,22H,2-3,5-6,10-13,17H2,1H3,(H2,30,33,34,35). The molecule has 4 heterocycles. The molecule has 2 N–H and O–H groups in total. The second kappa shape index (κ2) is 9.92. The van der Waals surface area contributed by atoms with E-state index in [2.05, 4.69) is 66.4 Å². The molecule has 0 bridgehead atoms. The van der Waals surface area contributed by atoms with Crippen LogP contribution in [0.15, 0.2) is 48.9 Å². The van der Waals surface area contributed by atoms with Crippen molar-refractivity contribution in [3.63, 3.8) is 0 Å². The Morgan fingerprint density at radius 3 is 2.67 bits per heavy atom. The van der Waals surface area contributed by atoms with Crippen molar-refractivity contribution >= 4 is 34.5 Å². The van der Waals surface area contributed by atoms with Gasteiger partial charge in [0.2, 0.25) is 11.9 Å². The smallest absolute Gasteiger partial charge is 0.225 e. The molecule has 1 saturated heterocycles. The van der Waals surface area contributed by atoms with Gasteiger partial charge in [-0.15, -0.1) is 0 Å². The molecule has 0 spiro atoms. The molecule has 200 valence electrons. The number of carbonyl (C=O) groups excluding carboxylic acids is 1. The molecule has 0 radical (unpaired) electrons. The Morgan fingerprint density at radius 2 is 1.87 bits per heavy atom. The van der Waals surface area contributed by atoms with Crippen LogP contribution in [-0.4, -0.2) is 79.9 Å². The number of amides is 1. The number of H-pyrrole nitrogens is 1. The number of aromatic nitrogens is 5. The molecule has 0 unspecified atom stereocenters. The van der Waals surface area contributed by atoms with Gasteiger partial charge in [0.05, 0.1) is 16.7 Å². The van der Waals surface area contributed by atoms with E-state index in [4.69, 9.17) is 4.98 Å². The summed E-state index contributed by atoms with van der Waals surface area (Å²) in [7, 11) is 2.10. The van der Waals surface area contributed by atoms with Crippen LogP contribution in [0.1, 0.15) is 31.2 Å². The number of anilines is 3. The minimum absolute atomic E-state index is 0.300. The zero-order chi connectivity index (χ0) is 26.3. The molecule has 7 rings (SSSR count). The van der Waals surface area contributed by atoms with Gasteiger partial charge in [0, 0.05) is 69.6 Å². The molecule has 10 heteroatoms. The molecule has 3 aliphatic rings. The fourth-order valence-corrected chi connectivity index (χ4v) is 5.31. The van der Waals surface area contributed by atoms with E-state index in [1.807, 2.05) is 23.2 Å². The fourth-order valence-electron chi connectivity index (χ4n) is 5.31. The molecule has 0 atom stereocenters. The zero-order valence-electron chi connectivity index (χ0n) is 22.2. The topological polar surface area (TPSA) is 106 Å². The average Bonchev–Trinajstić information content (AvgIpc) is 3.89. The molecule has 4 aromatic rings. The Balaban J connectivity index is 1.01. The van der Waals surface area contributed by atoms with E-state index in [1.165, 1.54) is 18.4 Å². The molecular weight excluding hydrogens is 490 g/mol. The maximum absolute atomic E-state index is 12.3. The van der Waals surface area contributed by atoms with E-state index in [0.717, 1.165) is 79.5 Å². The summed E-state index contributed by atoms with van der Waals surface area (Å²) in [6.45, 7) is 4.28. The first-order chi connectivity index (χ1) is 19.1. The summed E-state index contributed by atoms with van der Waals surface area (Å²) in [5.74, 6) is 3.00. The van der Waals surface area contributed by atoms with E-state index >= 15 is 0 Å². The lowest BCUT2D eigenvalue weighted by Crippen LogP contribution is -2.48. The molecule has 39 heavy (non-hydrogen) atoms. The Hall–Kier alpha value is -4.05. The van der Waals surface area contributed by atoms with Crippen molar-refractivity contribution in [1.29, 1.82) is 0 Å². The zero-order valence-corrected chi connectivity index (χ0v) is 22.2. The number of aromatic amines is 1. The van der Waals surface area contributed by atoms with Crippen molar-refractivity contribution in [3.8, 4) is 11.3 Å². The van der Waals surface area contributed by atoms with E-state index in [0.29, 0.717) is 23.8 Å². The Labute approximate surface area is 227 Å². The third kappa shape index (κ3) is 5.29. The van der Waals surface area contributed by atoms with Crippen molar-refractivity contribution in [2.45, 2.75) is 38.3 Å². The van der Waals surface area contributed by atoms with Crippen LogP contribution in [0.5, 0.6) is 0 Å². The van der Waals surface area contributed by atoms with Crippen molar-refractivity contribution < 1.29 is 4.79 Å². The molecule has 1 aromatic carbocycles. The Bertz CT molecular complexity index is 1500. The van der Waals surface area contributed by atoms with Gasteiger partial charge in [-0.05, 0) is 55.5 Å². The number of benzene rings is 1. The summed E-state index contributed by atoms with van der Waals surface area (Å²) in [5.41, 5.74) is 4.90. The van der Waals surface area contributed by atoms with E-state index < -0.39 is 0 Å². The molecule has 2 saturated carbocycles.